The van der Waals surface area contributed by atoms with Crippen LogP contribution in [0.5, 0.6) is 11.5 Å². The molecule has 5 aromatic rings. The van der Waals surface area contributed by atoms with E-state index in [0.29, 0.717) is 35.8 Å². The molecule has 2 aliphatic rings. The summed E-state index contributed by atoms with van der Waals surface area (Å²) in [6.07, 6.45) is 4.68. The molecule has 0 fully saturated rings. The second-order valence-corrected chi connectivity index (χ2v) is 12.9. The van der Waals surface area contributed by atoms with Crippen LogP contribution in [0, 0.1) is 6.92 Å². The molecule has 7 rings (SSSR count). The van der Waals surface area contributed by atoms with Crippen molar-refractivity contribution in [3.63, 3.8) is 0 Å². The number of hydrogen-bond donors (Lipinski definition) is 1. The van der Waals surface area contributed by atoms with Crippen LogP contribution in [-0.2, 0) is 9.53 Å². The molecule has 6 bridgehead atoms. The maximum atomic E-state index is 12.9. The van der Waals surface area contributed by atoms with E-state index >= 15 is 0 Å². The molecule has 8 heteroatoms. The number of carboxylic acids is 1. The lowest BCUT2D eigenvalue weighted by molar-refractivity contribution is -0.160. The lowest BCUT2D eigenvalue weighted by Gasteiger charge is -2.28. The van der Waals surface area contributed by atoms with E-state index in [2.05, 4.69) is 36.4 Å². The van der Waals surface area contributed by atoms with Crippen molar-refractivity contribution in [1.29, 1.82) is 0 Å². The van der Waals surface area contributed by atoms with Gasteiger partial charge in [-0.3, -0.25) is 0 Å². The summed E-state index contributed by atoms with van der Waals surface area (Å²) in [7, 11) is 0. The van der Waals surface area contributed by atoms with Crippen molar-refractivity contribution < 1.29 is 24.1 Å². The van der Waals surface area contributed by atoms with Gasteiger partial charge in [-0.05, 0) is 87.9 Å². The molecule has 2 atom stereocenters. The minimum atomic E-state index is -1.26. The molecule has 3 aromatic carbocycles. The third-order valence-corrected chi connectivity index (χ3v) is 8.51. The van der Waals surface area contributed by atoms with Gasteiger partial charge in [0, 0.05) is 34.0 Å². The number of carboxylic acid groups (broad SMARTS) is 1. The van der Waals surface area contributed by atoms with E-state index in [1.54, 1.807) is 4.52 Å². The molecule has 0 saturated carbocycles. The predicted molar refractivity (Wildman–Crippen MR) is 177 cm³/mol. The van der Waals surface area contributed by atoms with Crippen molar-refractivity contribution in [3.8, 4) is 45.1 Å². The van der Waals surface area contributed by atoms with Gasteiger partial charge in [-0.1, -0.05) is 48.6 Å². The molecule has 8 nitrogen and oxygen atoms in total. The van der Waals surface area contributed by atoms with Crippen molar-refractivity contribution >= 4 is 11.6 Å². The van der Waals surface area contributed by atoms with Gasteiger partial charge in [0.25, 0.3) is 0 Å². The van der Waals surface area contributed by atoms with Gasteiger partial charge in [-0.25, -0.2) is 14.3 Å². The van der Waals surface area contributed by atoms with Gasteiger partial charge in [0.2, 0.25) is 0 Å². The third kappa shape index (κ3) is 5.65. The lowest BCUT2D eigenvalue weighted by atomic mass is 9.87. The molecule has 0 saturated heterocycles. The number of para-hydroxylation sites is 1. The van der Waals surface area contributed by atoms with E-state index < -0.39 is 17.7 Å². The number of nitrogens with zero attached hydrogens (tertiary/aromatic N) is 3. The molecule has 2 aromatic heterocycles. The van der Waals surface area contributed by atoms with Crippen LogP contribution in [0.3, 0.4) is 0 Å². The van der Waals surface area contributed by atoms with Gasteiger partial charge in [-0.2, -0.15) is 5.10 Å². The number of aliphatic carboxylic acids is 1. The predicted octanol–water partition coefficient (Wildman–Crippen LogP) is 8.18. The Balaban J connectivity index is 1.51. The first-order valence-corrected chi connectivity index (χ1v) is 15.7. The Morgan fingerprint density at radius 3 is 2.61 bits per heavy atom. The van der Waals surface area contributed by atoms with E-state index in [-0.39, 0.29) is 5.92 Å². The molecule has 0 unspecified atom stereocenters. The molecule has 0 spiro atoms. The smallest absolute Gasteiger partial charge is 0.337 e. The number of fused-ring (bicyclic) bond motifs is 8. The van der Waals surface area contributed by atoms with E-state index in [1.165, 1.54) is 0 Å². The van der Waals surface area contributed by atoms with Crippen molar-refractivity contribution in [3.05, 3.63) is 102 Å². The molecule has 0 amide bonds. The highest BCUT2D eigenvalue weighted by Gasteiger charge is 2.34. The highest BCUT2D eigenvalue weighted by molar-refractivity contribution is 5.82. The molecule has 46 heavy (non-hydrogen) atoms. The number of allylic oxidation sites excluding steroid dienone is 1. The number of rotatable bonds is 3. The first-order chi connectivity index (χ1) is 22.2. The zero-order chi connectivity index (χ0) is 32.0. The Morgan fingerprint density at radius 1 is 0.957 bits per heavy atom. The average Bonchev–Trinajstić information content (AvgIpc) is 3.46. The van der Waals surface area contributed by atoms with Crippen LogP contribution in [0.4, 0.5) is 0 Å². The summed E-state index contributed by atoms with van der Waals surface area (Å²) < 4.78 is 20.3. The quantitative estimate of drug-likeness (QED) is 0.205. The molecular formula is C38H37N3O5. The van der Waals surface area contributed by atoms with Gasteiger partial charge in [0.05, 0.1) is 23.6 Å². The molecule has 4 heterocycles. The zero-order valence-electron chi connectivity index (χ0n) is 26.5. The summed E-state index contributed by atoms with van der Waals surface area (Å²) in [5.41, 5.74) is 7.13. The van der Waals surface area contributed by atoms with Crippen molar-refractivity contribution in [2.45, 2.75) is 58.2 Å². The summed E-state index contributed by atoms with van der Waals surface area (Å²) in [4.78, 5) is 17.8. The fourth-order valence-corrected chi connectivity index (χ4v) is 6.45. The van der Waals surface area contributed by atoms with E-state index in [4.69, 9.17) is 24.3 Å². The molecule has 2 aliphatic heterocycles. The van der Waals surface area contributed by atoms with Crippen LogP contribution in [0.2, 0.25) is 0 Å². The maximum Gasteiger partial charge on any atom is 0.337 e. The van der Waals surface area contributed by atoms with Gasteiger partial charge in [0.1, 0.15) is 18.1 Å². The number of aryl methyl sites for hydroxylation is 1. The summed E-state index contributed by atoms with van der Waals surface area (Å²) in [6, 6.07) is 24.3. The van der Waals surface area contributed by atoms with Crippen molar-refractivity contribution in [1.82, 2.24) is 14.6 Å². The number of benzene rings is 3. The monoisotopic (exact) mass is 615 g/mol. The van der Waals surface area contributed by atoms with Crippen LogP contribution < -0.4 is 9.47 Å². The third-order valence-electron chi connectivity index (χ3n) is 8.51. The van der Waals surface area contributed by atoms with E-state index in [9.17, 15) is 9.90 Å². The van der Waals surface area contributed by atoms with Crippen molar-refractivity contribution in [2.75, 3.05) is 13.2 Å². The fourth-order valence-electron chi connectivity index (χ4n) is 6.45. The Morgan fingerprint density at radius 2 is 1.78 bits per heavy atom. The van der Waals surface area contributed by atoms with Gasteiger partial charge >= 0.3 is 5.97 Å². The summed E-state index contributed by atoms with van der Waals surface area (Å²) in [6.45, 7) is 8.51. The molecular weight excluding hydrogens is 578 g/mol. The molecule has 1 N–H and O–H groups in total. The Labute approximate surface area is 268 Å². The lowest BCUT2D eigenvalue weighted by Crippen LogP contribution is -2.29. The SMILES string of the molecule is Cc1nc2cc3nn2c(c1[C@H](OC(C)(C)C)C(=O)O)-c1ccc2c(c1)[C@H](CC=CCOc1ccccc1-c1cccc-3c1)CCO2. The fraction of sp³-hybridized carbons (Fsp3) is 0.289. The maximum absolute atomic E-state index is 12.9. The second-order valence-electron chi connectivity index (χ2n) is 12.9. The van der Waals surface area contributed by atoms with Crippen LogP contribution in [0.25, 0.3) is 39.3 Å². The van der Waals surface area contributed by atoms with E-state index in [0.717, 1.165) is 57.9 Å². The first-order valence-electron chi connectivity index (χ1n) is 15.7. The number of carbonyl (C=O) groups is 1. The molecule has 0 aliphatic carbocycles. The van der Waals surface area contributed by atoms with Crippen molar-refractivity contribution in [2.24, 2.45) is 0 Å². The normalized spacial score (nSPS) is 16.6. The van der Waals surface area contributed by atoms with Gasteiger partial charge in [0.15, 0.2) is 11.8 Å². The number of hydrogen-bond acceptors (Lipinski definition) is 6. The highest BCUT2D eigenvalue weighted by atomic mass is 16.5. The van der Waals surface area contributed by atoms with Crippen LogP contribution in [0.15, 0.2) is 84.9 Å². The molecule has 0 radical (unpaired) electrons. The highest BCUT2D eigenvalue weighted by Crippen LogP contribution is 2.42. The number of ether oxygens (including phenoxy) is 3. The Bertz CT molecular complexity index is 1990. The molecule has 234 valence electrons. The zero-order valence-corrected chi connectivity index (χ0v) is 26.5. The van der Waals surface area contributed by atoms with Gasteiger partial charge < -0.3 is 19.3 Å². The van der Waals surface area contributed by atoms with Gasteiger partial charge in [-0.15, -0.1) is 0 Å². The number of aromatic nitrogens is 3. The standard InChI is InChI=1S/C38H37N3O5/c1-23-34(36(37(42)43)46-38(2,3)4)35-27-15-16-32-29(21-27)24(17-19-45-32)10-7-8-18-44-31-14-6-5-13-28(31)25-11-9-12-26(20-25)30-22-33(39-23)41(35)40-30/h5-9,11-16,20-22,24,36H,10,17-19H2,1-4H3,(H,42,43)/t24-,36+/m1/s1. The van der Waals surface area contributed by atoms with Crippen LogP contribution in [0.1, 0.15) is 62.5 Å². The van der Waals surface area contributed by atoms with Crippen LogP contribution >= 0.6 is 0 Å². The summed E-state index contributed by atoms with van der Waals surface area (Å²) in [5.74, 6) is 0.793. The largest absolute Gasteiger partial charge is 0.493 e. The topological polar surface area (TPSA) is 95.2 Å². The average molecular weight is 616 g/mol. The summed E-state index contributed by atoms with van der Waals surface area (Å²) in [5, 5.41) is 15.6. The Hall–Kier alpha value is -4.95. The first kappa shape index (κ1) is 29.7. The second kappa shape index (κ2) is 11.8. The van der Waals surface area contributed by atoms with Crippen LogP contribution in [-0.4, -0.2) is 44.5 Å². The minimum absolute atomic E-state index is 0.224. The summed E-state index contributed by atoms with van der Waals surface area (Å²) >= 11 is 0. The minimum Gasteiger partial charge on any atom is -0.493 e. The Kier molecular flexibility index (Phi) is 7.61. The van der Waals surface area contributed by atoms with E-state index in [1.807, 2.05) is 76.2 Å².